The molecule has 0 bridgehead atoms. The Bertz CT molecular complexity index is 1450. The average molecular weight is 591 g/mol. The Balaban J connectivity index is 1.49. The molecule has 0 saturated carbocycles. The summed E-state index contributed by atoms with van der Waals surface area (Å²) in [6, 6.07) is 20.5. The first-order valence-electron chi connectivity index (χ1n) is 13.8. The summed E-state index contributed by atoms with van der Waals surface area (Å²) in [5, 5.41) is 16.5. The van der Waals surface area contributed by atoms with Gasteiger partial charge in [0.05, 0.1) is 13.1 Å². The molecule has 2 aliphatic rings. The highest BCUT2D eigenvalue weighted by Gasteiger charge is 2.50. The second-order valence-electron chi connectivity index (χ2n) is 10.9. The molecule has 42 heavy (non-hydrogen) atoms. The molecule has 3 aromatic rings. The molecule has 0 unspecified atom stereocenters. The Morgan fingerprint density at radius 3 is 2.43 bits per heavy atom. The lowest BCUT2D eigenvalue weighted by atomic mass is 9.98. The van der Waals surface area contributed by atoms with Gasteiger partial charge in [-0.15, -0.1) is 0 Å². The molecular weight excluding hydrogens is 556 g/mol. The number of amides is 4. The summed E-state index contributed by atoms with van der Waals surface area (Å²) < 4.78 is 0. The molecule has 2 saturated heterocycles. The van der Waals surface area contributed by atoms with Crippen molar-refractivity contribution in [3.63, 3.8) is 0 Å². The number of carbonyl (C=O) groups excluding carboxylic acids is 3. The van der Waals surface area contributed by atoms with Crippen LogP contribution >= 0.6 is 11.6 Å². The van der Waals surface area contributed by atoms with Crippen molar-refractivity contribution in [3.05, 3.63) is 94.5 Å². The van der Waals surface area contributed by atoms with Gasteiger partial charge in [-0.2, -0.15) is 0 Å². The largest absolute Gasteiger partial charge is 0.508 e. The van der Waals surface area contributed by atoms with Crippen LogP contribution in [0.5, 0.6) is 5.75 Å². The lowest BCUT2D eigenvalue weighted by Crippen LogP contribution is -2.76. The predicted molar refractivity (Wildman–Crippen MR) is 161 cm³/mol. The van der Waals surface area contributed by atoms with Gasteiger partial charge < -0.3 is 25.1 Å². The molecule has 2 N–H and O–H groups in total. The fourth-order valence-corrected chi connectivity index (χ4v) is 5.82. The SMILES string of the molecule is CN(C)c1cc(Cl)ccc1CN1C[C@@H]2N(C(=O)CN(C)N2C(=O)NCc2ccccc2)[C@@H](Cc2ccc(O)cc2)C1=O. The molecule has 4 amide bonds. The van der Waals surface area contributed by atoms with E-state index in [0.717, 1.165) is 22.4 Å². The van der Waals surface area contributed by atoms with E-state index in [0.29, 0.717) is 11.6 Å². The number of fused-ring (bicyclic) bond motifs is 1. The van der Waals surface area contributed by atoms with Crippen molar-refractivity contribution in [2.24, 2.45) is 0 Å². The summed E-state index contributed by atoms with van der Waals surface area (Å²) in [5.74, 6) is -0.322. The zero-order valence-corrected chi connectivity index (χ0v) is 24.7. The van der Waals surface area contributed by atoms with Crippen LogP contribution in [0.2, 0.25) is 5.02 Å². The molecule has 0 aliphatic carbocycles. The monoisotopic (exact) mass is 590 g/mol. The topological polar surface area (TPSA) is 99.7 Å². The first-order valence-corrected chi connectivity index (χ1v) is 14.2. The van der Waals surface area contributed by atoms with E-state index in [9.17, 15) is 19.5 Å². The van der Waals surface area contributed by atoms with Gasteiger partial charge in [-0.25, -0.2) is 14.8 Å². The number of phenols is 1. The fraction of sp³-hybridized carbons (Fsp3) is 0.323. The summed E-state index contributed by atoms with van der Waals surface area (Å²) in [4.78, 5) is 46.5. The summed E-state index contributed by atoms with van der Waals surface area (Å²) in [5.41, 5.74) is 3.51. The van der Waals surface area contributed by atoms with Crippen molar-refractivity contribution in [3.8, 4) is 5.75 Å². The lowest BCUT2D eigenvalue weighted by molar-refractivity contribution is -0.187. The number of benzene rings is 3. The van der Waals surface area contributed by atoms with Crippen LogP contribution in [0.25, 0.3) is 0 Å². The minimum absolute atomic E-state index is 0.0451. The Hall–Kier alpha value is -4.28. The van der Waals surface area contributed by atoms with Gasteiger partial charge in [0.2, 0.25) is 11.8 Å². The number of phenolic OH excluding ortho intramolecular Hbond substituents is 1. The van der Waals surface area contributed by atoms with E-state index in [1.807, 2.05) is 61.5 Å². The van der Waals surface area contributed by atoms with E-state index in [-0.39, 0.29) is 49.7 Å². The van der Waals surface area contributed by atoms with Crippen LogP contribution in [0.1, 0.15) is 16.7 Å². The predicted octanol–water partition coefficient (Wildman–Crippen LogP) is 3.29. The van der Waals surface area contributed by atoms with Crippen LogP contribution in [0.4, 0.5) is 10.5 Å². The zero-order valence-electron chi connectivity index (χ0n) is 23.9. The molecule has 11 heteroatoms. The number of hydrogen-bond donors (Lipinski definition) is 2. The third kappa shape index (κ3) is 6.14. The maximum absolute atomic E-state index is 14.1. The number of likely N-dealkylation sites (N-methyl/N-ethyl adjacent to an activating group) is 1. The van der Waals surface area contributed by atoms with Gasteiger partial charge >= 0.3 is 6.03 Å². The molecule has 0 spiro atoms. The highest BCUT2D eigenvalue weighted by Crippen LogP contribution is 2.31. The molecule has 10 nitrogen and oxygen atoms in total. The Kier molecular flexibility index (Phi) is 8.56. The maximum Gasteiger partial charge on any atom is 0.334 e. The van der Waals surface area contributed by atoms with Gasteiger partial charge in [0, 0.05) is 51.4 Å². The lowest BCUT2D eigenvalue weighted by Gasteiger charge is -2.54. The number of halogens is 1. The van der Waals surface area contributed by atoms with Crippen molar-refractivity contribution in [1.82, 2.24) is 25.1 Å². The number of aromatic hydroxyl groups is 1. The third-order valence-electron chi connectivity index (χ3n) is 7.69. The van der Waals surface area contributed by atoms with Crippen LogP contribution in [-0.4, -0.2) is 89.2 Å². The van der Waals surface area contributed by atoms with Crippen LogP contribution < -0.4 is 10.2 Å². The van der Waals surface area contributed by atoms with Crippen LogP contribution in [0.15, 0.2) is 72.8 Å². The molecule has 3 aromatic carbocycles. The summed E-state index contributed by atoms with van der Waals surface area (Å²) in [6.07, 6.45) is -0.482. The normalized spacial score (nSPS) is 19.1. The molecule has 2 heterocycles. The van der Waals surface area contributed by atoms with Crippen molar-refractivity contribution in [2.45, 2.75) is 31.7 Å². The Morgan fingerprint density at radius 1 is 1.02 bits per heavy atom. The number of nitrogens with zero attached hydrogens (tertiary/aromatic N) is 5. The number of nitrogens with one attached hydrogen (secondary N) is 1. The van der Waals surface area contributed by atoms with E-state index < -0.39 is 12.2 Å². The molecule has 0 aromatic heterocycles. The minimum atomic E-state index is -0.839. The second-order valence-corrected chi connectivity index (χ2v) is 11.3. The third-order valence-corrected chi connectivity index (χ3v) is 7.92. The average Bonchev–Trinajstić information content (AvgIpc) is 2.96. The van der Waals surface area contributed by atoms with Crippen molar-refractivity contribution < 1.29 is 19.5 Å². The number of rotatable bonds is 7. The molecule has 220 valence electrons. The number of piperazine rings is 1. The van der Waals surface area contributed by atoms with Crippen LogP contribution in [0, 0.1) is 0 Å². The molecule has 0 radical (unpaired) electrons. The summed E-state index contributed by atoms with van der Waals surface area (Å²) in [7, 11) is 5.53. The van der Waals surface area contributed by atoms with E-state index in [1.165, 1.54) is 0 Å². The van der Waals surface area contributed by atoms with Gasteiger partial charge in [-0.3, -0.25) is 9.59 Å². The van der Waals surface area contributed by atoms with E-state index in [2.05, 4.69) is 5.32 Å². The van der Waals surface area contributed by atoms with Crippen molar-refractivity contribution in [1.29, 1.82) is 0 Å². The highest BCUT2D eigenvalue weighted by molar-refractivity contribution is 6.30. The minimum Gasteiger partial charge on any atom is -0.508 e. The molecule has 2 aliphatic heterocycles. The van der Waals surface area contributed by atoms with Gasteiger partial charge in [-0.05, 0) is 41.0 Å². The number of hydrogen-bond acceptors (Lipinski definition) is 6. The van der Waals surface area contributed by atoms with E-state index >= 15 is 0 Å². The van der Waals surface area contributed by atoms with Gasteiger partial charge in [0.1, 0.15) is 18.0 Å². The second kappa shape index (κ2) is 12.3. The van der Waals surface area contributed by atoms with Crippen molar-refractivity contribution in [2.75, 3.05) is 39.1 Å². The van der Waals surface area contributed by atoms with Gasteiger partial charge in [0.15, 0.2) is 0 Å². The molecule has 2 atom stereocenters. The Morgan fingerprint density at radius 2 is 1.74 bits per heavy atom. The van der Waals surface area contributed by atoms with Gasteiger partial charge in [-0.1, -0.05) is 60.1 Å². The first kappa shape index (κ1) is 29.2. The number of carbonyl (C=O) groups is 3. The summed E-state index contributed by atoms with van der Waals surface area (Å²) in [6.45, 7) is 0.685. The first-order chi connectivity index (χ1) is 20.1. The highest BCUT2D eigenvalue weighted by atomic mass is 35.5. The maximum atomic E-state index is 14.1. The van der Waals surface area contributed by atoms with Gasteiger partial charge in [0.25, 0.3) is 0 Å². The standard InChI is InChI=1S/C31H35ClN6O4/c1-34(2)26-16-24(32)12-11-23(26)18-36-19-28-37(27(30(36)41)15-21-9-13-25(39)14-10-21)29(40)20-35(3)38(28)31(42)33-17-22-7-5-4-6-8-22/h4-14,16,27-28,39H,15,17-20H2,1-3H3,(H,33,42)/t27-,28+/m0/s1. The number of urea groups is 1. The smallest absolute Gasteiger partial charge is 0.334 e. The van der Waals surface area contributed by atoms with Crippen LogP contribution in [-0.2, 0) is 29.1 Å². The quantitative estimate of drug-likeness (QED) is 0.438. The Labute approximate surface area is 250 Å². The fourth-order valence-electron chi connectivity index (χ4n) is 5.65. The summed E-state index contributed by atoms with van der Waals surface area (Å²) >= 11 is 6.28. The van der Waals surface area contributed by atoms with Crippen molar-refractivity contribution >= 4 is 35.1 Å². The zero-order chi connectivity index (χ0) is 30.0. The number of hydrazine groups is 1. The number of anilines is 1. The molecular formula is C31H35ClN6O4. The molecule has 2 fully saturated rings. The molecule has 5 rings (SSSR count). The van der Waals surface area contributed by atoms with Crippen LogP contribution in [0.3, 0.4) is 0 Å². The van der Waals surface area contributed by atoms with E-state index in [4.69, 9.17) is 11.6 Å². The van der Waals surface area contributed by atoms with E-state index in [1.54, 1.807) is 57.2 Å².